The molecule has 0 spiro atoms. The molecule has 6 heteroatoms. The molecule has 1 unspecified atom stereocenters. The SMILES string of the molecule is NOCC1Cc2ccc(C(F)(F)F)cc2N1. The molecule has 1 aromatic carbocycles. The Balaban J connectivity index is 2.21. The zero-order valence-corrected chi connectivity index (χ0v) is 8.34. The van der Waals surface area contributed by atoms with Crippen molar-refractivity contribution in [2.24, 2.45) is 5.90 Å². The largest absolute Gasteiger partial charge is 0.416 e. The molecule has 1 aliphatic rings. The molecule has 3 nitrogen and oxygen atoms in total. The van der Waals surface area contributed by atoms with Crippen molar-refractivity contribution < 1.29 is 18.0 Å². The molecule has 0 aromatic heterocycles. The first kappa shape index (κ1) is 11.2. The van der Waals surface area contributed by atoms with Gasteiger partial charge in [-0.15, -0.1) is 0 Å². The maximum Gasteiger partial charge on any atom is 0.416 e. The number of benzene rings is 1. The highest BCUT2D eigenvalue weighted by Crippen LogP contribution is 2.34. The summed E-state index contributed by atoms with van der Waals surface area (Å²) in [6.07, 6.45) is -3.68. The zero-order valence-electron chi connectivity index (χ0n) is 8.34. The second-order valence-corrected chi connectivity index (χ2v) is 3.75. The van der Waals surface area contributed by atoms with Crippen LogP contribution in [-0.4, -0.2) is 12.6 Å². The third-order valence-corrected chi connectivity index (χ3v) is 2.56. The van der Waals surface area contributed by atoms with Gasteiger partial charge in [0.05, 0.1) is 18.2 Å². The Morgan fingerprint density at radius 3 is 2.81 bits per heavy atom. The van der Waals surface area contributed by atoms with Crippen molar-refractivity contribution in [3.63, 3.8) is 0 Å². The summed E-state index contributed by atoms with van der Waals surface area (Å²) in [6, 6.07) is 3.64. The molecule has 1 aliphatic heterocycles. The van der Waals surface area contributed by atoms with E-state index in [2.05, 4.69) is 10.2 Å². The van der Waals surface area contributed by atoms with Crippen LogP contribution in [0.15, 0.2) is 18.2 Å². The number of fused-ring (bicyclic) bond motifs is 1. The molecule has 1 heterocycles. The van der Waals surface area contributed by atoms with E-state index in [1.165, 1.54) is 6.07 Å². The van der Waals surface area contributed by atoms with Gasteiger partial charge in [0.1, 0.15) is 0 Å². The van der Waals surface area contributed by atoms with Crippen LogP contribution in [0.5, 0.6) is 0 Å². The molecule has 0 bridgehead atoms. The lowest BCUT2D eigenvalue weighted by Crippen LogP contribution is -2.24. The molecule has 2 rings (SSSR count). The predicted molar refractivity (Wildman–Crippen MR) is 52.7 cm³/mol. The van der Waals surface area contributed by atoms with E-state index in [1.54, 1.807) is 0 Å². The standard InChI is InChI=1S/C10H11F3N2O/c11-10(12,13)7-2-1-6-3-8(5-16-14)15-9(6)4-7/h1-2,4,8,15H,3,5,14H2. The second kappa shape index (κ2) is 3.95. The second-order valence-electron chi connectivity index (χ2n) is 3.75. The van der Waals surface area contributed by atoms with Crippen LogP contribution in [0.1, 0.15) is 11.1 Å². The summed E-state index contributed by atoms with van der Waals surface area (Å²) < 4.78 is 37.3. The van der Waals surface area contributed by atoms with Crippen LogP contribution in [0.25, 0.3) is 0 Å². The minimum absolute atomic E-state index is 0.0523. The molecule has 0 aliphatic carbocycles. The maximum absolute atomic E-state index is 12.4. The van der Waals surface area contributed by atoms with E-state index in [0.29, 0.717) is 12.1 Å². The van der Waals surface area contributed by atoms with Gasteiger partial charge in [0.25, 0.3) is 0 Å². The van der Waals surface area contributed by atoms with Crippen LogP contribution in [0.2, 0.25) is 0 Å². The van der Waals surface area contributed by atoms with Crippen LogP contribution >= 0.6 is 0 Å². The molecule has 16 heavy (non-hydrogen) atoms. The smallest absolute Gasteiger partial charge is 0.379 e. The summed E-state index contributed by atoms with van der Waals surface area (Å²) in [7, 11) is 0. The third kappa shape index (κ3) is 2.12. The quantitative estimate of drug-likeness (QED) is 0.766. The zero-order chi connectivity index (χ0) is 11.8. The Hall–Kier alpha value is -1.27. The van der Waals surface area contributed by atoms with Gasteiger partial charge in [-0.25, -0.2) is 5.90 Å². The molecular weight excluding hydrogens is 221 g/mol. The Morgan fingerprint density at radius 2 is 2.19 bits per heavy atom. The maximum atomic E-state index is 12.4. The van der Waals surface area contributed by atoms with Gasteiger partial charge in [-0.2, -0.15) is 13.2 Å². The highest BCUT2D eigenvalue weighted by Gasteiger charge is 2.32. The average Bonchev–Trinajstić information content (AvgIpc) is 2.57. The fourth-order valence-corrected chi connectivity index (χ4v) is 1.82. The molecule has 0 amide bonds. The van der Waals surface area contributed by atoms with E-state index in [1.807, 2.05) is 0 Å². The number of anilines is 1. The number of nitrogens with two attached hydrogens (primary N) is 1. The van der Waals surface area contributed by atoms with Gasteiger partial charge in [0, 0.05) is 5.69 Å². The van der Waals surface area contributed by atoms with E-state index in [0.717, 1.165) is 17.7 Å². The number of hydrogen-bond acceptors (Lipinski definition) is 3. The molecule has 88 valence electrons. The van der Waals surface area contributed by atoms with Gasteiger partial charge < -0.3 is 10.2 Å². The van der Waals surface area contributed by atoms with Crippen LogP contribution < -0.4 is 11.2 Å². The van der Waals surface area contributed by atoms with E-state index >= 15 is 0 Å². The van der Waals surface area contributed by atoms with E-state index < -0.39 is 11.7 Å². The molecule has 3 N–H and O–H groups in total. The minimum Gasteiger partial charge on any atom is -0.379 e. The van der Waals surface area contributed by atoms with E-state index in [-0.39, 0.29) is 12.6 Å². The van der Waals surface area contributed by atoms with Gasteiger partial charge >= 0.3 is 6.18 Å². The lowest BCUT2D eigenvalue weighted by atomic mass is 10.1. The third-order valence-electron chi connectivity index (χ3n) is 2.56. The first-order valence-electron chi connectivity index (χ1n) is 4.79. The lowest BCUT2D eigenvalue weighted by Gasteiger charge is -2.10. The molecular formula is C10H11F3N2O. The molecule has 0 saturated heterocycles. The highest BCUT2D eigenvalue weighted by molar-refractivity contribution is 5.58. The number of nitrogens with one attached hydrogen (secondary N) is 1. The fraction of sp³-hybridized carbons (Fsp3) is 0.400. The Morgan fingerprint density at radius 1 is 1.44 bits per heavy atom. The van der Waals surface area contributed by atoms with Crippen molar-refractivity contribution in [3.05, 3.63) is 29.3 Å². The summed E-state index contributed by atoms with van der Waals surface area (Å²) in [6.45, 7) is 0.274. The molecule has 0 fully saturated rings. The Labute approximate surface area is 90.3 Å². The monoisotopic (exact) mass is 232 g/mol. The van der Waals surface area contributed by atoms with Crippen molar-refractivity contribution >= 4 is 5.69 Å². The van der Waals surface area contributed by atoms with Gasteiger partial charge in [0.2, 0.25) is 0 Å². The number of rotatable bonds is 2. The summed E-state index contributed by atoms with van der Waals surface area (Å²) >= 11 is 0. The van der Waals surface area contributed by atoms with Crippen molar-refractivity contribution in [2.45, 2.75) is 18.6 Å². The number of alkyl halides is 3. The fourth-order valence-electron chi connectivity index (χ4n) is 1.82. The van der Waals surface area contributed by atoms with Crippen LogP contribution in [0.3, 0.4) is 0 Å². The molecule has 1 aromatic rings. The van der Waals surface area contributed by atoms with Crippen LogP contribution in [0.4, 0.5) is 18.9 Å². The number of hydrogen-bond donors (Lipinski definition) is 2. The first-order valence-corrected chi connectivity index (χ1v) is 4.79. The summed E-state index contributed by atoms with van der Waals surface area (Å²) in [4.78, 5) is 4.47. The van der Waals surface area contributed by atoms with Crippen molar-refractivity contribution in [1.82, 2.24) is 0 Å². The lowest BCUT2D eigenvalue weighted by molar-refractivity contribution is -0.137. The van der Waals surface area contributed by atoms with Crippen molar-refractivity contribution in [1.29, 1.82) is 0 Å². The average molecular weight is 232 g/mol. The summed E-state index contributed by atoms with van der Waals surface area (Å²) in [5.74, 6) is 4.92. The van der Waals surface area contributed by atoms with Gasteiger partial charge in [-0.1, -0.05) is 6.07 Å². The Bertz CT molecular complexity index is 392. The summed E-state index contributed by atoms with van der Waals surface area (Å²) in [5, 5.41) is 2.94. The van der Waals surface area contributed by atoms with Gasteiger partial charge in [-0.3, -0.25) is 0 Å². The van der Waals surface area contributed by atoms with Crippen LogP contribution in [0, 0.1) is 0 Å². The van der Waals surface area contributed by atoms with Gasteiger partial charge in [-0.05, 0) is 24.1 Å². The van der Waals surface area contributed by atoms with Gasteiger partial charge in [0.15, 0.2) is 0 Å². The van der Waals surface area contributed by atoms with E-state index in [4.69, 9.17) is 5.90 Å². The van der Waals surface area contributed by atoms with Crippen LogP contribution in [-0.2, 0) is 17.4 Å². The minimum atomic E-state index is -4.31. The molecule has 0 radical (unpaired) electrons. The van der Waals surface area contributed by atoms with E-state index in [9.17, 15) is 13.2 Å². The van der Waals surface area contributed by atoms with Crippen molar-refractivity contribution in [3.8, 4) is 0 Å². The Kier molecular flexibility index (Phi) is 2.77. The number of halogens is 3. The topological polar surface area (TPSA) is 47.3 Å². The predicted octanol–water partition coefficient (Wildman–Crippen LogP) is 1.93. The normalized spacial score (nSPS) is 19.4. The summed E-state index contributed by atoms with van der Waals surface area (Å²) in [5.41, 5.74) is 0.722. The van der Waals surface area contributed by atoms with Crippen molar-refractivity contribution in [2.75, 3.05) is 11.9 Å². The highest BCUT2D eigenvalue weighted by atomic mass is 19.4. The molecule has 1 atom stereocenters. The molecule has 0 saturated carbocycles. The first-order chi connectivity index (χ1) is 7.50.